The second-order valence-electron chi connectivity index (χ2n) is 18.2. The van der Waals surface area contributed by atoms with Crippen molar-refractivity contribution in [3.8, 4) is 11.1 Å². The molecule has 346 valence electrons. The van der Waals surface area contributed by atoms with Crippen molar-refractivity contribution in [2.75, 3.05) is 6.61 Å². The number of aliphatic carboxylic acids is 1. The Labute approximate surface area is 374 Å². The fourth-order valence-electron chi connectivity index (χ4n) is 11.5. The predicted molar refractivity (Wildman–Crippen MR) is 219 cm³/mol. The third-order valence-electron chi connectivity index (χ3n) is 14.2. The average Bonchev–Trinajstić information content (AvgIpc) is 3.42. The van der Waals surface area contributed by atoms with E-state index in [1.165, 1.54) is 0 Å². The summed E-state index contributed by atoms with van der Waals surface area (Å²) in [6.07, 6.45) is -4.51. The van der Waals surface area contributed by atoms with Crippen LogP contribution in [0.3, 0.4) is 0 Å². The number of carbonyl (C=O) groups excluding carboxylic acids is 2. The van der Waals surface area contributed by atoms with Crippen molar-refractivity contribution in [1.82, 2.24) is 0 Å². The summed E-state index contributed by atoms with van der Waals surface area (Å²) in [5, 5.41) is 51.1. The lowest BCUT2D eigenvalue weighted by Gasteiger charge is -2.62. The van der Waals surface area contributed by atoms with Crippen molar-refractivity contribution in [2.45, 2.75) is 122 Å². The first-order valence-electron chi connectivity index (χ1n) is 21.2. The number of fused-ring (bicyclic) bond motifs is 3. The Morgan fingerprint density at radius 1 is 0.921 bits per heavy atom. The summed E-state index contributed by atoms with van der Waals surface area (Å²) < 4.78 is 45.4. The van der Waals surface area contributed by atoms with E-state index in [1.807, 2.05) is 45.0 Å². The first-order chi connectivity index (χ1) is 30.2. The summed E-state index contributed by atoms with van der Waals surface area (Å²) >= 11 is 0.166. The van der Waals surface area contributed by atoms with E-state index in [-0.39, 0.29) is 66.7 Å². The van der Waals surface area contributed by atoms with Gasteiger partial charge in [0.2, 0.25) is 0 Å². The lowest BCUT2D eigenvalue weighted by atomic mass is 9.43. The highest BCUT2D eigenvalue weighted by Gasteiger charge is 2.67. The second-order valence-corrected chi connectivity index (χ2v) is 19.1. The number of hydrogen-bond donors (Lipinski definition) is 2. The Morgan fingerprint density at radius 2 is 1.57 bits per heavy atom. The van der Waals surface area contributed by atoms with E-state index >= 15 is 0 Å². The fraction of sp³-hybridized carbons (Fsp3) is 0.614. The van der Waals surface area contributed by atoms with Gasteiger partial charge in [0.15, 0.2) is 37.0 Å². The highest BCUT2D eigenvalue weighted by atomic mass is 32.2. The maximum atomic E-state index is 13.5. The van der Waals surface area contributed by atoms with Crippen LogP contribution in [-0.2, 0) is 55.6 Å². The molecule has 2 aromatic carbocycles. The SMILES string of the molecule is C=C1C2CCC3C4(C)CC(O[C@@H]5O[C@@H](COC(=O)c6ccc(-c7ccc(C)cc7)cc6)[C@@H](OSOO[O-])[C@H](OSOO[O-])C5OC(=O)CC(C)C)CC(C(=O)O)C4CCC3(C2)[C@H]1O. The van der Waals surface area contributed by atoms with Crippen molar-refractivity contribution < 1.29 is 81.2 Å². The van der Waals surface area contributed by atoms with Crippen LogP contribution in [0.5, 0.6) is 0 Å². The number of esters is 2. The normalized spacial score (nSPS) is 34.9. The van der Waals surface area contributed by atoms with Crippen LogP contribution < -0.4 is 10.5 Å². The molecule has 0 radical (unpaired) electrons. The van der Waals surface area contributed by atoms with Gasteiger partial charge in [-0.25, -0.2) is 4.79 Å². The smallest absolute Gasteiger partial charge is 0.338 e. The number of ether oxygens (including phenoxy) is 4. The quantitative estimate of drug-likeness (QED) is 0.0359. The van der Waals surface area contributed by atoms with Gasteiger partial charge in [-0.05, 0) is 110 Å². The minimum Gasteiger partial charge on any atom is -0.691 e. The van der Waals surface area contributed by atoms with Crippen molar-refractivity contribution in [3.63, 3.8) is 0 Å². The Kier molecular flexibility index (Phi) is 15.6. The van der Waals surface area contributed by atoms with E-state index < -0.39 is 84.2 Å². The number of benzene rings is 2. The van der Waals surface area contributed by atoms with Crippen LogP contribution in [0.1, 0.15) is 88.1 Å². The molecule has 4 aliphatic carbocycles. The molecule has 8 unspecified atom stereocenters. The van der Waals surface area contributed by atoms with Gasteiger partial charge in [0.05, 0.1) is 23.7 Å². The third-order valence-corrected chi connectivity index (χ3v) is 15.0. The maximum absolute atomic E-state index is 13.5. The molecule has 17 nitrogen and oxygen atoms in total. The Hall–Kier alpha value is -3.15. The lowest BCUT2D eigenvalue weighted by Crippen LogP contribution is -2.63. The molecule has 5 aliphatic rings. The highest BCUT2D eigenvalue weighted by molar-refractivity contribution is 7.90. The van der Waals surface area contributed by atoms with Crippen LogP contribution in [0.15, 0.2) is 60.7 Å². The molecule has 0 aromatic heterocycles. The monoisotopic (exact) mass is 918 g/mol. The first-order valence-corrected chi connectivity index (χ1v) is 22.5. The van der Waals surface area contributed by atoms with Crippen LogP contribution in [0.2, 0.25) is 0 Å². The standard InChI is InChI=1S/C44H56O17S2/c1-23(2)18-35(45)55-38-37(57-63-61-59-51)36(56-62-60-58-50)33(22-52-41(49)28-12-10-27(11-13-28)26-8-6-24(3)7-9-26)54-42(38)53-30-19-31(40(47)48)32-16-17-44-20-29(25(4)39(44)46)14-15-34(44)43(32,5)21-30/h6-13,23,29-34,36-39,42,46,50-51H,4,14-22H2,1-3,5H3,(H,47,48)/p-2/t29?,30?,31?,32?,33-,34?,36+,37-,38?,39-,42+,43?,44?/m0/s1. The molecule has 1 aliphatic heterocycles. The molecule has 2 N–H and O–H groups in total. The number of aliphatic hydroxyl groups is 1. The third kappa shape index (κ3) is 10.2. The maximum Gasteiger partial charge on any atom is 0.338 e. The molecule has 4 saturated carbocycles. The molecule has 13 atom stereocenters. The summed E-state index contributed by atoms with van der Waals surface area (Å²) in [7, 11) is 0. The van der Waals surface area contributed by atoms with Gasteiger partial charge in [0.1, 0.15) is 24.9 Å². The van der Waals surface area contributed by atoms with Crippen LogP contribution in [0, 0.1) is 47.3 Å². The molecular formula is C44H54O17S2-2. The minimum atomic E-state index is -1.51. The van der Waals surface area contributed by atoms with Gasteiger partial charge in [-0.15, -0.1) is 8.67 Å². The molecule has 1 spiro atoms. The van der Waals surface area contributed by atoms with Gasteiger partial charge in [-0.1, -0.05) is 69.3 Å². The Bertz CT molecular complexity index is 1920. The molecule has 0 amide bonds. The molecule has 1 saturated heterocycles. The molecule has 1 heterocycles. The van der Waals surface area contributed by atoms with Crippen LogP contribution >= 0.6 is 24.6 Å². The zero-order chi connectivity index (χ0) is 45.1. The van der Waals surface area contributed by atoms with Crippen molar-refractivity contribution >= 4 is 42.6 Å². The van der Waals surface area contributed by atoms with E-state index in [0.29, 0.717) is 19.3 Å². The molecule has 5 fully saturated rings. The fourth-order valence-corrected chi connectivity index (χ4v) is 12.2. The zero-order valence-electron chi connectivity index (χ0n) is 35.5. The molecule has 7 rings (SSSR count). The first kappa shape index (κ1) is 47.8. The van der Waals surface area contributed by atoms with Crippen LogP contribution in [0.25, 0.3) is 11.1 Å². The minimum absolute atomic E-state index is 0.0256. The highest BCUT2D eigenvalue weighted by Crippen LogP contribution is 2.70. The second kappa shape index (κ2) is 20.6. The van der Waals surface area contributed by atoms with Gasteiger partial charge >= 0.3 is 17.9 Å². The van der Waals surface area contributed by atoms with Crippen molar-refractivity contribution in [3.05, 3.63) is 71.8 Å². The molecule has 2 bridgehead atoms. The van der Waals surface area contributed by atoms with E-state index in [9.17, 15) is 35.1 Å². The van der Waals surface area contributed by atoms with Crippen LogP contribution in [-0.4, -0.2) is 77.6 Å². The summed E-state index contributed by atoms with van der Waals surface area (Å²) in [5.74, 6) is -3.36. The van der Waals surface area contributed by atoms with Gasteiger partial charge in [-0.3, -0.25) is 28.0 Å². The van der Waals surface area contributed by atoms with Crippen LogP contribution in [0.4, 0.5) is 0 Å². The van der Waals surface area contributed by atoms with Crippen molar-refractivity contribution in [2.24, 2.45) is 40.4 Å². The summed E-state index contributed by atoms with van der Waals surface area (Å²) in [6, 6.07) is 14.7. The number of hydrogen-bond acceptors (Lipinski definition) is 18. The molecule has 2 aromatic rings. The Morgan fingerprint density at radius 3 is 2.21 bits per heavy atom. The summed E-state index contributed by atoms with van der Waals surface area (Å²) in [6.45, 7) is 11.4. The molecule has 63 heavy (non-hydrogen) atoms. The van der Waals surface area contributed by atoms with E-state index in [4.69, 9.17) is 27.3 Å². The Balaban J connectivity index is 1.19. The summed E-state index contributed by atoms with van der Waals surface area (Å²) in [5.41, 5.74) is 2.98. The largest absolute Gasteiger partial charge is 0.691 e. The number of aryl methyl sites for hydroxylation is 1. The lowest BCUT2D eigenvalue weighted by molar-refractivity contribution is -0.778. The van der Waals surface area contributed by atoms with E-state index in [2.05, 4.69) is 32.2 Å². The van der Waals surface area contributed by atoms with Gasteiger partial charge < -0.3 is 39.7 Å². The topological polar surface area (TPSA) is 230 Å². The average molecular weight is 919 g/mol. The predicted octanol–water partition coefficient (Wildman–Crippen LogP) is 5.47. The van der Waals surface area contributed by atoms with Gasteiger partial charge in [-0.2, -0.15) is 0 Å². The number of carbonyl (C=O) groups is 3. The summed E-state index contributed by atoms with van der Waals surface area (Å²) in [4.78, 5) is 40.1. The van der Waals surface area contributed by atoms with E-state index in [0.717, 1.165) is 41.5 Å². The molecule has 19 heteroatoms. The number of aliphatic hydroxyl groups excluding tert-OH is 1. The zero-order valence-corrected chi connectivity index (χ0v) is 37.1. The number of rotatable bonds is 18. The van der Waals surface area contributed by atoms with Gasteiger partial charge in [0, 0.05) is 11.8 Å². The number of carboxylic acids is 1. The van der Waals surface area contributed by atoms with Crippen molar-refractivity contribution in [1.29, 1.82) is 0 Å². The van der Waals surface area contributed by atoms with Gasteiger partial charge in [0.25, 0.3) is 0 Å². The van der Waals surface area contributed by atoms with E-state index in [1.54, 1.807) is 24.3 Å². The number of carboxylic acid groups (broad SMARTS) is 1. The molecular weight excluding hydrogens is 865 g/mol.